The van der Waals surface area contributed by atoms with E-state index < -0.39 is 0 Å². The van der Waals surface area contributed by atoms with E-state index in [-0.39, 0.29) is 17.2 Å². The lowest BCUT2D eigenvalue weighted by atomic mass is 9.78. The third-order valence-corrected chi connectivity index (χ3v) is 5.73. The highest BCUT2D eigenvalue weighted by atomic mass is 16.5. The number of anilines is 2. The van der Waals surface area contributed by atoms with Gasteiger partial charge in [0, 0.05) is 28.9 Å². The predicted octanol–water partition coefficient (Wildman–Crippen LogP) is 3.30. The van der Waals surface area contributed by atoms with Gasteiger partial charge in [0.2, 0.25) is 5.91 Å². The summed E-state index contributed by atoms with van der Waals surface area (Å²) in [4.78, 5) is 27.4. The molecule has 2 saturated heterocycles. The van der Waals surface area contributed by atoms with E-state index in [1.165, 1.54) is 6.42 Å². The molecule has 0 unspecified atom stereocenters. The first-order valence-corrected chi connectivity index (χ1v) is 10.1. The summed E-state index contributed by atoms with van der Waals surface area (Å²) in [7, 11) is 0. The first-order chi connectivity index (χ1) is 14.0. The van der Waals surface area contributed by atoms with Gasteiger partial charge < -0.3 is 15.4 Å². The summed E-state index contributed by atoms with van der Waals surface area (Å²) in [5.41, 5.74) is 3.11. The van der Waals surface area contributed by atoms with E-state index >= 15 is 0 Å². The number of piperidine rings is 1. The standard InChI is InChI=1S/C23H27N3O3/c1-17-8-9-18(22(28)24-19-6-3-2-4-7-19)12-20(17)25-21(27)13-26-11-5-10-23(14-26)15-29-16-23/h2-4,6-9,12H,5,10-11,13-16H2,1H3,(H,24,28)(H,25,27). The highest BCUT2D eigenvalue weighted by Crippen LogP contribution is 2.36. The van der Waals surface area contributed by atoms with Gasteiger partial charge in [0.15, 0.2) is 0 Å². The minimum absolute atomic E-state index is 0.0500. The third-order valence-electron chi connectivity index (χ3n) is 5.73. The van der Waals surface area contributed by atoms with E-state index in [4.69, 9.17) is 4.74 Å². The van der Waals surface area contributed by atoms with E-state index in [2.05, 4.69) is 15.5 Å². The number of hydrogen-bond donors (Lipinski definition) is 2. The van der Waals surface area contributed by atoms with Crippen LogP contribution in [0.5, 0.6) is 0 Å². The number of ether oxygens (including phenoxy) is 1. The van der Waals surface area contributed by atoms with Crippen molar-refractivity contribution in [2.75, 3.05) is 43.5 Å². The van der Waals surface area contributed by atoms with E-state index in [0.717, 1.165) is 44.0 Å². The summed E-state index contributed by atoms with van der Waals surface area (Å²) in [6, 6.07) is 14.7. The molecule has 29 heavy (non-hydrogen) atoms. The zero-order valence-electron chi connectivity index (χ0n) is 16.7. The Morgan fingerprint density at radius 1 is 1.10 bits per heavy atom. The summed E-state index contributed by atoms with van der Waals surface area (Å²) in [6.07, 6.45) is 2.29. The molecule has 0 radical (unpaired) electrons. The summed E-state index contributed by atoms with van der Waals surface area (Å²) < 4.78 is 5.39. The number of amides is 2. The minimum atomic E-state index is -0.199. The van der Waals surface area contributed by atoms with E-state index in [1.54, 1.807) is 12.1 Å². The maximum atomic E-state index is 12.6. The van der Waals surface area contributed by atoms with Crippen LogP contribution >= 0.6 is 0 Å². The van der Waals surface area contributed by atoms with E-state index in [1.807, 2.05) is 43.3 Å². The van der Waals surface area contributed by atoms with Gasteiger partial charge in [-0.3, -0.25) is 14.5 Å². The number of carbonyl (C=O) groups is 2. The molecule has 0 atom stereocenters. The Bertz CT molecular complexity index is 893. The summed E-state index contributed by atoms with van der Waals surface area (Å²) in [6.45, 7) is 5.76. The summed E-state index contributed by atoms with van der Waals surface area (Å²) in [5.74, 6) is -0.249. The van der Waals surface area contributed by atoms with Crippen LogP contribution in [0, 0.1) is 12.3 Å². The maximum absolute atomic E-state index is 12.6. The lowest BCUT2D eigenvalue weighted by molar-refractivity contribution is -0.146. The molecule has 152 valence electrons. The fourth-order valence-electron chi connectivity index (χ4n) is 4.09. The molecule has 2 fully saturated rings. The van der Waals surface area contributed by atoms with Crippen molar-refractivity contribution < 1.29 is 14.3 Å². The topological polar surface area (TPSA) is 70.7 Å². The van der Waals surface area contributed by atoms with Gasteiger partial charge in [0.1, 0.15) is 0 Å². The SMILES string of the molecule is Cc1ccc(C(=O)Nc2ccccc2)cc1NC(=O)CN1CCCC2(COC2)C1. The van der Waals surface area contributed by atoms with Crippen molar-refractivity contribution in [2.45, 2.75) is 19.8 Å². The molecule has 1 spiro atoms. The molecule has 2 aromatic carbocycles. The molecule has 6 heteroatoms. The second-order valence-corrected chi connectivity index (χ2v) is 8.21. The predicted molar refractivity (Wildman–Crippen MR) is 113 cm³/mol. The Labute approximate surface area is 171 Å². The van der Waals surface area contributed by atoms with Gasteiger partial charge in [0.05, 0.1) is 19.8 Å². The molecule has 2 N–H and O–H groups in total. The molecular formula is C23H27N3O3. The minimum Gasteiger partial charge on any atom is -0.380 e. The monoisotopic (exact) mass is 393 g/mol. The van der Waals surface area contributed by atoms with Crippen molar-refractivity contribution in [3.8, 4) is 0 Å². The van der Waals surface area contributed by atoms with E-state index in [0.29, 0.717) is 17.8 Å². The molecule has 4 rings (SSSR count). The zero-order chi connectivity index (χ0) is 20.3. The molecule has 2 aromatic rings. The van der Waals surface area contributed by atoms with Crippen molar-refractivity contribution in [3.63, 3.8) is 0 Å². The molecule has 2 aliphatic rings. The molecule has 2 heterocycles. The summed E-state index contributed by atoms with van der Waals surface area (Å²) in [5, 5.41) is 5.86. The van der Waals surface area contributed by atoms with Crippen LogP contribution in [0.4, 0.5) is 11.4 Å². The van der Waals surface area contributed by atoms with Crippen molar-refractivity contribution in [3.05, 3.63) is 59.7 Å². The first-order valence-electron chi connectivity index (χ1n) is 10.1. The van der Waals surface area contributed by atoms with Crippen molar-refractivity contribution in [1.29, 1.82) is 0 Å². The first kappa shape index (κ1) is 19.6. The normalized spacial score (nSPS) is 18.1. The molecule has 0 saturated carbocycles. The highest BCUT2D eigenvalue weighted by molar-refractivity contribution is 6.05. The smallest absolute Gasteiger partial charge is 0.255 e. The van der Waals surface area contributed by atoms with Crippen LogP contribution < -0.4 is 10.6 Å². The Morgan fingerprint density at radius 3 is 2.62 bits per heavy atom. The second-order valence-electron chi connectivity index (χ2n) is 8.21. The fraction of sp³-hybridized carbons (Fsp3) is 0.391. The fourth-order valence-corrected chi connectivity index (χ4v) is 4.09. The van der Waals surface area contributed by atoms with Crippen LogP contribution in [0.2, 0.25) is 0 Å². The third kappa shape index (κ3) is 4.66. The van der Waals surface area contributed by atoms with Crippen LogP contribution in [0.15, 0.2) is 48.5 Å². The molecule has 6 nitrogen and oxygen atoms in total. The van der Waals surface area contributed by atoms with Gasteiger partial charge in [-0.05, 0) is 56.1 Å². The quantitative estimate of drug-likeness (QED) is 0.818. The van der Waals surface area contributed by atoms with Crippen molar-refractivity contribution in [2.24, 2.45) is 5.41 Å². The van der Waals surface area contributed by atoms with Crippen LogP contribution in [0.1, 0.15) is 28.8 Å². The molecule has 2 amide bonds. The number of aryl methyl sites for hydroxylation is 1. The van der Waals surface area contributed by atoms with Crippen LogP contribution in [-0.4, -0.2) is 49.6 Å². The average molecular weight is 393 g/mol. The van der Waals surface area contributed by atoms with Crippen LogP contribution in [-0.2, 0) is 9.53 Å². The Balaban J connectivity index is 1.38. The summed E-state index contributed by atoms with van der Waals surface area (Å²) >= 11 is 0. The lowest BCUT2D eigenvalue weighted by Gasteiger charge is -2.48. The Hall–Kier alpha value is -2.70. The number of rotatable bonds is 5. The molecule has 2 aliphatic heterocycles. The van der Waals surface area contributed by atoms with Gasteiger partial charge in [-0.2, -0.15) is 0 Å². The maximum Gasteiger partial charge on any atom is 0.255 e. The molecule has 0 aromatic heterocycles. The lowest BCUT2D eigenvalue weighted by Crippen LogP contribution is -2.55. The molecule has 0 aliphatic carbocycles. The number of nitrogens with zero attached hydrogens (tertiary/aromatic N) is 1. The van der Waals surface area contributed by atoms with E-state index in [9.17, 15) is 9.59 Å². The van der Waals surface area contributed by atoms with Crippen LogP contribution in [0.3, 0.4) is 0 Å². The van der Waals surface area contributed by atoms with Crippen molar-refractivity contribution >= 4 is 23.2 Å². The Kier molecular flexibility index (Phi) is 5.65. The van der Waals surface area contributed by atoms with Crippen LogP contribution in [0.25, 0.3) is 0 Å². The number of carbonyl (C=O) groups excluding carboxylic acids is 2. The number of benzene rings is 2. The zero-order valence-corrected chi connectivity index (χ0v) is 16.7. The number of nitrogens with one attached hydrogen (secondary N) is 2. The molecular weight excluding hydrogens is 366 g/mol. The van der Waals surface area contributed by atoms with Gasteiger partial charge in [-0.1, -0.05) is 24.3 Å². The second kappa shape index (κ2) is 8.35. The highest BCUT2D eigenvalue weighted by Gasteiger charge is 2.42. The number of para-hydroxylation sites is 1. The van der Waals surface area contributed by atoms with Gasteiger partial charge in [0.25, 0.3) is 5.91 Å². The number of hydrogen-bond acceptors (Lipinski definition) is 4. The van der Waals surface area contributed by atoms with Gasteiger partial charge >= 0.3 is 0 Å². The molecule has 0 bridgehead atoms. The largest absolute Gasteiger partial charge is 0.380 e. The Morgan fingerprint density at radius 2 is 1.90 bits per heavy atom. The van der Waals surface area contributed by atoms with Gasteiger partial charge in [-0.25, -0.2) is 0 Å². The number of likely N-dealkylation sites (tertiary alicyclic amines) is 1. The van der Waals surface area contributed by atoms with Crippen molar-refractivity contribution in [1.82, 2.24) is 4.90 Å². The van der Waals surface area contributed by atoms with Gasteiger partial charge in [-0.15, -0.1) is 0 Å². The average Bonchev–Trinajstić information content (AvgIpc) is 2.69.